The van der Waals surface area contributed by atoms with E-state index in [1.165, 1.54) is 12.8 Å². The predicted octanol–water partition coefficient (Wildman–Crippen LogP) is 0.398. The molecular weight excluding hydrogens is 164 g/mol. The van der Waals surface area contributed by atoms with Crippen molar-refractivity contribution in [1.29, 1.82) is 0 Å². The van der Waals surface area contributed by atoms with E-state index in [1.807, 2.05) is 0 Å². The van der Waals surface area contributed by atoms with E-state index >= 15 is 0 Å². The van der Waals surface area contributed by atoms with Crippen LogP contribution in [0.25, 0.3) is 0 Å². The maximum absolute atomic E-state index is 11.2. The van der Waals surface area contributed by atoms with Crippen LogP contribution in [0, 0.1) is 0 Å². The quantitative estimate of drug-likeness (QED) is 0.561. The van der Waals surface area contributed by atoms with Gasteiger partial charge in [-0.25, -0.2) is 0 Å². The van der Waals surface area contributed by atoms with Gasteiger partial charge in [0.15, 0.2) is 0 Å². The highest BCUT2D eigenvalue weighted by Gasteiger charge is 2.43. The van der Waals surface area contributed by atoms with Crippen LogP contribution in [0.1, 0.15) is 25.7 Å². The van der Waals surface area contributed by atoms with Gasteiger partial charge < -0.3 is 5.32 Å². The van der Waals surface area contributed by atoms with Crippen LogP contribution in [-0.4, -0.2) is 18.1 Å². The van der Waals surface area contributed by atoms with E-state index in [0.29, 0.717) is 6.67 Å². The minimum atomic E-state index is -0.153. The van der Waals surface area contributed by atoms with Crippen LogP contribution in [0.4, 0.5) is 0 Å². The summed E-state index contributed by atoms with van der Waals surface area (Å²) in [6.45, 7) is 0.666. The third-order valence-electron chi connectivity index (χ3n) is 2.57. The zero-order valence-corrected chi connectivity index (χ0v) is 7.17. The van der Waals surface area contributed by atoms with E-state index < -0.39 is 0 Å². The molecule has 0 aromatic rings. The second-order valence-corrected chi connectivity index (χ2v) is 3.15. The van der Waals surface area contributed by atoms with Gasteiger partial charge in [-0.2, -0.15) is 0 Å². The number of hydrogen-bond donors (Lipinski definition) is 2. The number of rotatable bonds is 0. The number of carbonyl (C=O) groups excluding carboxylic acids is 1. The summed E-state index contributed by atoms with van der Waals surface area (Å²) in [5, 5.41) is 6.02. The summed E-state index contributed by atoms with van der Waals surface area (Å²) in [5.74, 6) is 0.213. The average Bonchev–Trinajstić information content (AvgIpc) is 2.48. The molecule has 0 bridgehead atoms. The number of carbonyl (C=O) groups is 1. The van der Waals surface area contributed by atoms with Crippen molar-refractivity contribution in [3.05, 3.63) is 0 Å². The van der Waals surface area contributed by atoms with Gasteiger partial charge in [0.05, 0.1) is 12.2 Å². The Hall–Kier alpha value is -0.280. The molecule has 3 nitrogen and oxygen atoms in total. The van der Waals surface area contributed by atoms with E-state index in [4.69, 9.17) is 0 Å². The van der Waals surface area contributed by atoms with Gasteiger partial charge in [-0.3, -0.25) is 10.1 Å². The highest BCUT2D eigenvalue weighted by Crippen LogP contribution is 2.31. The van der Waals surface area contributed by atoms with Gasteiger partial charge in [-0.15, -0.1) is 12.4 Å². The van der Waals surface area contributed by atoms with Gasteiger partial charge in [0.25, 0.3) is 0 Å². The molecule has 2 N–H and O–H groups in total. The zero-order valence-electron chi connectivity index (χ0n) is 6.35. The smallest absolute Gasteiger partial charge is 0.241 e. The van der Waals surface area contributed by atoms with Crippen LogP contribution < -0.4 is 10.6 Å². The van der Waals surface area contributed by atoms with Crippen molar-refractivity contribution in [2.75, 3.05) is 6.67 Å². The largest absolute Gasteiger partial charge is 0.342 e. The molecule has 64 valence electrons. The molecule has 11 heavy (non-hydrogen) atoms. The van der Waals surface area contributed by atoms with E-state index in [-0.39, 0.29) is 23.9 Å². The lowest BCUT2D eigenvalue weighted by molar-refractivity contribution is -0.123. The Morgan fingerprint density at radius 3 is 2.36 bits per heavy atom. The molecule has 1 saturated carbocycles. The van der Waals surface area contributed by atoms with E-state index in [0.717, 1.165) is 12.8 Å². The van der Waals surface area contributed by atoms with Gasteiger partial charge >= 0.3 is 0 Å². The zero-order chi connectivity index (χ0) is 7.03. The van der Waals surface area contributed by atoms with E-state index in [9.17, 15) is 4.79 Å². The summed E-state index contributed by atoms with van der Waals surface area (Å²) in [6.07, 6.45) is 4.44. The number of halogens is 1. The summed E-state index contributed by atoms with van der Waals surface area (Å²) in [5.41, 5.74) is -0.153. The summed E-state index contributed by atoms with van der Waals surface area (Å²) >= 11 is 0. The van der Waals surface area contributed by atoms with Crippen molar-refractivity contribution in [2.45, 2.75) is 31.2 Å². The van der Waals surface area contributed by atoms with Gasteiger partial charge in [-0.05, 0) is 12.8 Å². The van der Waals surface area contributed by atoms with Gasteiger partial charge in [0.2, 0.25) is 5.91 Å². The summed E-state index contributed by atoms with van der Waals surface area (Å²) in [6, 6.07) is 0. The molecule has 1 aliphatic heterocycles. The molecule has 1 amide bonds. The molecule has 2 fully saturated rings. The molecule has 0 radical (unpaired) electrons. The maximum atomic E-state index is 11.2. The Morgan fingerprint density at radius 2 is 1.91 bits per heavy atom. The second-order valence-electron chi connectivity index (χ2n) is 3.15. The number of nitrogens with one attached hydrogen (secondary N) is 2. The van der Waals surface area contributed by atoms with Crippen molar-refractivity contribution in [2.24, 2.45) is 0 Å². The lowest BCUT2D eigenvalue weighted by Crippen LogP contribution is -2.43. The Bertz CT molecular complexity index is 160. The number of hydrogen-bond acceptors (Lipinski definition) is 2. The fraction of sp³-hybridized carbons (Fsp3) is 0.857. The molecule has 0 atom stereocenters. The van der Waals surface area contributed by atoms with E-state index in [2.05, 4.69) is 10.6 Å². The van der Waals surface area contributed by atoms with Crippen molar-refractivity contribution in [3.63, 3.8) is 0 Å². The highest BCUT2D eigenvalue weighted by molar-refractivity contribution is 5.88. The second kappa shape index (κ2) is 2.99. The summed E-state index contributed by atoms with van der Waals surface area (Å²) in [4.78, 5) is 11.2. The molecule has 2 rings (SSSR count). The first-order chi connectivity index (χ1) is 4.83. The number of amides is 1. The van der Waals surface area contributed by atoms with Gasteiger partial charge in [-0.1, -0.05) is 12.8 Å². The Morgan fingerprint density at radius 1 is 1.27 bits per heavy atom. The van der Waals surface area contributed by atoms with Crippen molar-refractivity contribution in [3.8, 4) is 0 Å². The third kappa shape index (κ3) is 1.23. The SMILES string of the molecule is Cl.O=C1NCNC12CCCC2. The van der Waals surface area contributed by atoms with Crippen LogP contribution in [0.15, 0.2) is 0 Å². The molecule has 1 aliphatic carbocycles. The summed E-state index contributed by atoms with van der Waals surface area (Å²) < 4.78 is 0. The van der Waals surface area contributed by atoms with Gasteiger partial charge in [0.1, 0.15) is 0 Å². The van der Waals surface area contributed by atoms with Crippen molar-refractivity contribution >= 4 is 18.3 Å². The lowest BCUT2D eigenvalue weighted by atomic mass is 9.99. The monoisotopic (exact) mass is 176 g/mol. The average molecular weight is 177 g/mol. The molecule has 1 heterocycles. The normalized spacial score (nSPS) is 26.7. The Kier molecular flexibility index (Phi) is 2.40. The fourth-order valence-corrected chi connectivity index (χ4v) is 1.93. The van der Waals surface area contributed by atoms with Crippen LogP contribution in [-0.2, 0) is 4.79 Å². The van der Waals surface area contributed by atoms with Crippen molar-refractivity contribution < 1.29 is 4.79 Å². The topological polar surface area (TPSA) is 41.1 Å². The first kappa shape index (κ1) is 8.81. The lowest BCUT2D eigenvalue weighted by Gasteiger charge is -2.18. The Labute approximate surface area is 72.3 Å². The van der Waals surface area contributed by atoms with Crippen molar-refractivity contribution in [1.82, 2.24) is 10.6 Å². The molecule has 2 aliphatic rings. The standard InChI is InChI=1S/C7H12N2O.ClH/c10-6-7(9-5-8-6)3-1-2-4-7;/h9H,1-5H2,(H,8,10);1H. The molecule has 0 aromatic heterocycles. The molecule has 1 spiro atoms. The molecule has 4 heteroatoms. The molecule has 0 unspecified atom stereocenters. The molecule has 1 saturated heterocycles. The van der Waals surface area contributed by atoms with Crippen LogP contribution >= 0.6 is 12.4 Å². The van der Waals surface area contributed by atoms with Crippen LogP contribution in [0.5, 0.6) is 0 Å². The third-order valence-corrected chi connectivity index (χ3v) is 2.57. The molecule has 0 aromatic carbocycles. The van der Waals surface area contributed by atoms with Crippen LogP contribution in [0.3, 0.4) is 0 Å². The molecular formula is C7H13ClN2O. The summed E-state index contributed by atoms with van der Waals surface area (Å²) in [7, 11) is 0. The Balaban J connectivity index is 0.000000605. The minimum Gasteiger partial charge on any atom is -0.342 e. The first-order valence-electron chi connectivity index (χ1n) is 3.87. The minimum absolute atomic E-state index is 0. The van der Waals surface area contributed by atoms with E-state index in [1.54, 1.807) is 0 Å². The highest BCUT2D eigenvalue weighted by atomic mass is 35.5. The fourth-order valence-electron chi connectivity index (χ4n) is 1.93. The first-order valence-corrected chi connectivity index (χ1v) is 3.87. The van der Waals surface area contributed by atoms with Gasteiger partial charge in [0, 0.05) is 0 Å². The maximum Gasteiger partial charge on any atom is 0.241 e. The predicted molar refractivity (Wildman–Crippen MR) is 44.6 cm³/mol. The van der Waals surface area contributed by atoms with Crippen LogP contribution in [0.2, 0.25) is 0 Å².